The Kier molecular flexibility index (Phi) is 14.4. The molecule has 4 heteroatoms. The van der Waals surface area contributed by atoms with Crippen molar-refractivity contribution in [2.75, 3.05) is 13.2 Å². The molecule has 2 N–H and O–H groups in total. The van der Waals surface area contributed by atoms with E-state index >= 15 is 0 Å². The maximum atomic E-state index is 6.65. The Labute approximate surface area is 367 Å². The first-order valence-electron chi connectivity index (χ1n) is 21.5. The molecule has 0 spiro atoms. The van der Waals surface area contributed by atoms with E-state index in [1.807, 2.05) is 12.1 Å². The molecule has 0 aliphatic rings. The van der Waals surface area contributed by atoms with E-state index in [0.29, 0.717) is 26.4 Å². The minimum atomic E-state index is -0.719. The molecule has 0 heterocycles. The van der Waals surface area contributed by atoms with Gasteiger partial charge in [-0.1, -0.05) is 255 Å². The van der Waals surface area contributed by atoms with Gasteiger partial charge in [-0.15, -0.1) is 0 Å². The first kappa shape index (κ1) is 42.0. The van der Waals surface area contributed by atoms with Gasteiger partial charge in [0.1, 0.15) is 0 Å². The van der Waals surface area contributed by atoms with E-state index in [4.69, 9.17) is 9.47 Å². The fraction of sp³-hybridized carbons (Fsp3) is 0.138. The van der Waals surface area contributed by atoms with Crippen molar-refractivity contribution in [1.29, 1.82) is 0 Å². The molecule has 0 saturated heterocycles. The summed E-state index contributed by atoms with van der Waals surface area (Å²) < 4.78 is 13.3. The lowest BCUT2D eigenvalue weighted by Crippen LogP contribution is -2.52. The first-order valence-corrected chi connectivity index (χ1v) is 21.5. The summed E-state index contributed by atoms with van der Waals surface area (Å²) in [6, 6.07) is 84.8. The summed E-state index contributed by atoms with van der Waals surface area (Å²) in [5.41, 5.74) is 7.63. The van der Waals surface area contributed by atoms with Gasteiger partial charge in [-0.3, -0.25) is 10.6 Å². The Morgan fingerprint density at radius 3 is 0.742 bits per heavy atom. The molecule has 0 saturated carbocycles. The predicted octanol–water partition coefficient (Wildman–Crippen LogP) is 11.9. The standard InChI is InChI=1S/C58H54N2O2/c1-9-25-47(26-10-1)43-61-45-55(59-57(49-29-13-3-14-30-49,50-31-15-4-16-32-50)51-33-17-5-18-34-51)41-42-56(46-62-44-48-27-11-2-12-28-48)60-58(52-35-19-6-20-36-52,53-37-21-7-22-38-53)54-39-23-8-24-40-54/h1-42,55-56,59-60H,43-46H2/b42-41+/t55-,56-/m0/s1. The summed E-state index contributed by atoms with van der Waals surface area (Å²) in [7, 11) is 0. The number of benzene rings is 8. The molecule has 62 heavy (non-hydrogen) atoms. The highest BCUT2D eigenvalue weighted by Crippen LogP contribution is 2.39. The summed E-state index contributed by atoms with van der Waals surface area (Å²) >= 11 is 0. The van der Waals surface area contributed by atoms with Crippen molar-refractivity contribution in [3.8, 4) is 0 Å². The van der Waals surface area contributed by atoms with E-state index in [1.54, 1.807) is 0 Å². The van der Waals surface area contributed by atoms with E-state index in [-0.39, 0.29) is 12.1 Å². The van der Waals surface area contributed by atoms with Crippen LogP contribution in [-0.4, -0.2) is 25.3 Å². The molecule has 0 aromatic heterocycles. The minimum absolute atomic E-state index is 0.252. The predicted molar refractivity (Wildman–Crippen MR) is 254 cm³/mol. The highest BCUT2D eigenvalue weighted by Gasteiger charge is 2.39. The maximum Gasteiger partial charge on any atom is 0.0953 e. The minimum Gasteiger partial charge on any atom is -0.375 e. The van der Waals surface area contributed by atoms with Crippen molar-refractivity contribution in [3.05, 3.63) is 299 Å². The average molecular weight is 811 g/mol. The summed E-state index contributed by atoms with van der Waals surface area (Å²) in [4.78, 5) is 0. The molecule has 0 fully saturated rings. The van der Waals surface area contributed by atoms with Crippen LogP contribution in [0.15, 0.2) is 255 Å². The lowest BCUT2D eigenvalue weighted by atomic mass is 9.76. The molecule has 308 valence electrons. The van der Waals surface area contributed by atoms with Crippen molar-refractivity contribution >= 4 is 0 Å². The molecule has 8 aromatic carbocycles. The van der Waals surface area contributed by atoms with Gasteiger partial charge in [-0.2, -0.15) is 0 Å². The van der Waals surface area contributed by atoms with Gasteiger partial charge in [0.05, 0.1) is 49.6 Å². The smallest absolute Gasteiger partial charge is 0.0953 e. The van der Waals surface area contributed by atoms with Gasteiger partial charge in [0.2, 0.25) is 0 Å². The van der Waals surface area contributed by atoms with Gasteiger partial charge in [0.15, 0.2) is 0 Å². The van der Waals surface area contributed by atoms with Crippen LogP contribution in [0.5, 0.6) is 0 Å². The number of hydrogen-bond acceptors (Lipinski definition) is 4. The Morgan fingerprint density at radius 2 is 0.516 bits per heavy atom. The Balaban J connectivity index is 1.24. The molecule has 0 unspecified atom stereocenters. The van der Waals surface area contributed by atoms with Crippen LogP contribution in [-0.2, 0) is 33.8 Å². The number of ether oxygens (including phenoxy) is 2. The molecule has 0 aliphatic carbocycles. The highest BCUT2D eigenvalue weighted by molar-refractivity contribution is 5.51. The first-order chi connectivity index (χ1) is 30.7. The van der Waals surface area contributed by atoms with Gasteiger partial charge in [0.25, 0.3) is 0 Å². The summed E-state index contributed by atoms with van der Waals surface area (Å²) in [6.07, 6.45) is 4.56. The monoisotopic (exact) mass is 810 g/mol. The zero-order valence-corrected chi connectivity index (χ0v) is 35.0. The third-order valence-corrected chi connectivity index (χ3v) is 11.4. The SMILES string of the molecule is C(=C\[C@@H](COCc1ccccc1)NC(c1ccccc1)(c1ccccc1)c1ccccc1)/[C@@H](COCc1ccccc1)NC(c1ccccc1)(c1ccccc1)c1ccccc1. The molecule has 2 atom stereocenters. The molecule has 4 nitrogen and oxygen atoms in total. The van der Waals surface area contributed by atoms with Crippen molar-refractivity contribution in [3.63, 3.8) is 0 Å². The lowest BCUT2D eigenvalue weighted by Gasteiger charge is -2.40. The number of rotatable bonds is 20. The van der Waals surface area contributed by atoms with Gasteiger partial charge in [-0.05, 0) is 44.5 Å². The quantitative estimate of drug-likeness (QED) is 0.0594. The maximum absolute atomic E-state index is 6.65. The van der Waals surface area contributed by atoms with Crippen molar-refractivity contribution in [2.45, 2.75) is 36.4 Å². The summed E-state index contributed by atoms with van der Waals surface area (Å²) in [5.74, 6) is 0. The zero-order chi connectivity index (χ0) is 42.1. The molecular weight excluding hydrogens is 757 g/mol. The molecule has 0 aliphatic heterocycles. The second-order valence-electron chi connectivity index (χ2n) is 15.6. The van der Waals surface area contributed by atoms with Crippen LogP contribution in [0.4, 0.5) is 0 Å². The molecule has 0 bridgehead atoms. The zero-order valence-electron chi connectivity index (χ0n) is 35.0. The van der Waals surface area contributed by atoms with Crippen LogP contribution in [0.3, 0.4) is 0 Å². The van der Waals surface area contributed by atoms with Crippen LogP contribution in [0.25, 0.3) is 0 Å². The molecule has 8 aromatic rings. The third-order valence-electron chi connectivity index (χ3n) is 11.4. The van der Waals surface area contributed by atoms with Crippen molar-refractivity contribution < 1.29 is 9.47 Å². The second kappa shape index (κ2) is 21.2. The van der Waals surface area contributed by atoms with Crippen molar-refractivity contribution in [1.82, 2.24) is 10.6 Å². The number of nitrogens with one attached hydrogen (secondary N) is 2. The van der Waals surface area contributed by atoms with E-state index in [1.165, 1.54) is 0 Å². The Morgan fingerprint density at radius 1 is 0.306 bits per heavy atom. The molecule has 0 amide bonds. The Hall–Kier alpha value is -6.66. The van der Waals surface area contributed by atoms with E-state index in [9.17, 15) is 0 Å². The van der Waals surface area contributed by atoms with E-state index in [0.717, 1.165) is 44.5 Å². The number of hydrogen-bond donors (Lipinski definition) is 2. The summed E-state index contributed by atoms with van der Waals surface area (Å²) in [6.45, 7) is 1.81. The highest BCUT2D eigenvalue weighted by atomic mass is 16.5. The van der Waals surface area contributed by atoms with E-state index < -0.39 is 11.1 Å². The Bertz CT molecular complexity index is 2130. The normalized spacial score (nSPS) is 12.8. The van der Waals surface area contributed by atoms with Crippen LogP contribution in [0.1, 0.15) is 44.5 Å². The molecule has 0 radical (unpaired) electrons. The topological polar surface area (TPSA) is 42.5 Å². The second-order valence-corrected chi connectivity index (χ2v) is 15.6. The van der Waals surface area contributed by atoms with Gasteiger partial charge in [-0.25, -0.2) is 0 Å². The molecule has 8 rings (SSSR count). The van der Waals surface area contributed by atoms with Gasteiger partial charge < -0.3 is 9.47 Å². The van der Waals surface area contributed by atoms with Crippen LogP contribution < -0.4 is 10.6 Å². The van der Waals surface area contributed by atoms with Crippen LogP contribution in [0.2, 0.25) is 0 Å². The summed E-state index contributed by atoms with van der Waals surface area (Å²) in [5, 5.41) is 8.44. The average Bonchev–Trinajstić information content (AvgIpc) is 3.36. The van der Waals surface area contributed by atoms with Crippen molar-refractivity contribution in [2.24, 2.45) is 0 Å². The van der Waals surface area contributed by atoms with Crippen LogP contribution >= 0.6 is 0 Å². The fourth-order valence-electron chi connectivity index (χ4n) is 8.50. The lowest BCUT2D eigenvalue weighted by molar-refractivity contribution is 0.0998. The third kappa shape index (κ3) is 10.1. The molecular formula is C58H54N2O2. The van der Waals surface area contributed by atoms with Gasteiger partial charge >= 0.3 is 0 Å². The van der Waals surface area contributed by atoms with E-state index in [2.05, 4.69) is 253 Å². The largest absolute Gasteiger partial charge is 0.375 e. The fourth-order valence-corrected chi connectivity index (χ4v) is 8.50. The van der Waals surface area contributed by atoms with Crippen LogP contribution in [0, 0.1) is 0 Å². The van der Waals surface area contributed by atoms with Gasteiger partial charge in [0, 0.05) is 0 Å².